The number of amides is 1. The lowest BCUT2D eigenvalue weighted by molar-refractivity contribution is -0.120. The number of nitrogens with zero attached hydrogens (tertiary/aromatic N) is 1. The number of anilines is 2. The topological polar surface area (TPSA) is 41.6 Å². The van der Waals surface area contributed by atoms with Crippen molar-refractivity contribution in [2.75, 3.05) is 23.4 Å². The first-order chi connectivity index (χ1) is 10.6. The van der Waals surface area contributed by atoms with Gasteiger partial charge in [0.15, 0.2) is 6.61 Å². The third-order valence-electron chi connectivity index (χ3n) is 3.63. The number of carbonyl (C=O) groups is 1. The molecule has 0 spiro atoms. The van der Waals surface area contributed by atoms with E-state index < -0.39 is 0 Å². The maximum Gasteiger partial charge on any atom is 0.265 e. The van der Waals surface area contributed by atoms with Gasteiger partial charge in [0.1, 0.15) is 5.75 Å². The summed E-state index contributed by atoms with van der Waals surface area (Å²) in [6, 6.07) is 17.3. The van der Waals surface area contributed by atoms with E-state index in [1.54, 1.807) is 4.90 Å². The summed E-state index contributed by atoms with van der Waals surface area (Å²) in [6.45, 7) is 4.82. The van der Waals surface area contributed by atoms with Gasteiger partial charge in [0, 0.05) is 12.1 Å². The number of hydrogen-bond donors (Lipinski definition) is 1. The first kappa shape index (κ1) is 14.4. The molecule has 1 aliphatic heterocycles. The van der Waals surface area contributed by atoms with Crippen LogP contribution in [0.5, 0.6) is 5.75 Å². The first-order valence-electron chi connectivity index (χ1n) is 7.41. The van der Waals surface area contributed by atoms with E-state index in [9.17, 15) is 4.79 Å². The molecule has 2 aromatic rings. The second kappa shape index (κ2) is 5.72. The Balaban J connectivity index is 1.77. The molecule has 4 heteroatoms. The summed E-state index contributed by atoms with van der Waals surface area (Å²) in [5.74, 6) is 0.671. The molecule has 4 nitrogen and oxygen atoms in total. The van der Waals surface area contributed by atoms with Crippen LogP contribution >= 0.6 is 0 Å². The average Bonchev–Trinajstić information content (AvgIpc) is 2.52. The molecule has 0 unspecified atom stereocenters. The molecule has 0 saturated carbocycles. The Bertz CT molecular complexity index is 668. The number of para-hydroxylation sites is 3. The largest absolute Gasteiger partial charge is 0.484 e. The van der Waals surface area contributed by atoms with Gasteiger partial charge in [0.25, 0.3) is 5.91 Å². The van der Waals surface area contributed by atoms with Gasteiger partial charge in [-0.25, -0.2) is 0 Å². The lowest BCUT2D eigenvalue weighted by atomic mass is 9.99. The number of carbonyl (C=O) groups excluding carboxylic acids is 1. The minimum absolute atomic E-state index is 0.0361. The van der Waals surface area contributed by atoms with E-state index in [0.29, 0.717) is 12.3 Å². The van der Waals surface area contributed by atoms with Crippen LogP contribution in [0.4, 0.5) is 11.4 Å². The standard InChI is InChI=1S/C18H20N2O2/c1-18(2)13-20(16-11-7-6-10-15(16)19-18)17(21)12-22-14-8-4-3-5-9-14/h3-11,19H,12-13H2,1-2H3. The van der Waals surface area contributed by atoms with Gasteiger partial charge in [-0.15, -0.1) is 0 Å². The van der Waals surface area contributed by atoms with Crippen LogP contribution in [0.15, 0.2) is 54.6 Å². The molecule has 0 radical (unpaired) electrons. The Morgan fingerprint density at radius 3 is 2.59 bits per heavy atom. The number of fused-ring (bicyclic) bond motifs is 1. The second-order valence-electron chi connectivity index (χ2n) is 6.11. The average molecular weight is 296 g/mol. The molecule has 0 aromatic heterocycles. The molecule has 114 valence electrons. The van der Waals surface area contributed by atoms with Crippen LogP contribution in [-0.4, -0.2) is 24.6 Å². The van der Waals surface area contributed by atoms with Crippen LogP contribution in [0.1, 0.15) is 13.8 Å². The normalized spacial score (nSPS) is 15.6. The van der Waals surface area contributed by atoms with Crippen LogP contribution in [-0.2, 0) is 4.79 Å². The van der Waals surface area contributed by atoms with Crippen molar-refractivity contribution in [1.82, 2.24) is 0 Å². The van der Waals surface area contributed by atoms with Crippen molar-refractivity contribution in [3.05, 3.63) is 54.6 Å². The number of ether oxygens (including phenoxy) is 1. The zero-order valence-electron chi connectivity index (χ0n) is 12.9. The maximum atomic E-state index is 12.6. The van der Waals surface area contributed by atoms with E-state index in [1.807, 2.05) is 54.6 Å². The molecule has 22 heavy (non-hydrogen) atoms. The van der Waals surface area contributed by atoms with E-state index >= 15 is 0 Å². The molecule has 0 saturated heterocycles. The molecule has 2 aromatic carbocycles. The summed E-state index contributed by atoms with van der Waals surface area (Å²) in [7, 11) is 0. The van der Waals surface area contributed by atoms with Crippen molar-refractivity contribution in [2.24, 2.45) is 0 Å². The van der Waals surface area contributed by atoms with Gasteiger partial charge >= 0.3 is 0 Å². The van der Waals surface area contributed by atoms with Gasteiger partial charge in [-0.05, 0) is 38.1 Å². The van der Waals surface area contributed by atoms with Crippen molar-refractivity contribution >= 4 is 17.3 Å². The Morgan fingerprint density at radius 2 is 1.82 bits per heavy atom. The smallest absolute Gasteiger partial charge is 0.265 e. The highest BCUT2D eigenvalue weighted by molar-refractivity contribution is 5.99. The molecule has 1 aliphatic rings. The SMILES string of the molecule is CC1(C)CN(C(=O)COc2ccccc2)c2ccccc2N1. The van der Waals surface area contributed by atoms with Crippen molar-refractivity contribution in [2.45, 2.75) is 19.4 Å². The van der Waals surface area contributed by atoms with Crippen molar-refractivity contribution in [3.8, 4) is 5.75 Å². The number of benzene rings is 2. The van der Waals surface area contributed by atoms with Crippen LogP contribution in [0, 0.1) is 0 Å². The molecule has 3 rings (SSSR count). The minimum Gasteiger partial charge on any atom is -0.484 e. The monoisotopic (exact) mass is 296 g/mol. The maximum absolute atomic E-state index is 12.6. The van der Waals surface area contributed by atoms with Gasteiger partial charge in [0.2, 0.25) is 0 Å². The van der Waals surface area contributed by atoms with Crippen molar-refractivity contribution < 1.29 is 9.53 Å². The molecule has 1 N–H and O–H groups in total. The van der Waals surface area contributed by atoms with Crippen molar-refractivity contribution in [1.29, 1.82) is 0 Å². The van der Waals surface area contributed by atoms with E-state index in [4.69, 9.17) is 4.74 Å². The Labute approximate surface area is 130 Å². The zero-order valence-corrected chi connectivity index (χ0v) is 12.9. The highest BCUT2D eigenvalue weighted by Crippen LogP contribution is 2.34. The quantitative estimate of drug-likeness (QED) is 0.945. The fourth-order valence-corrected chi connectivity index (χ4v) is 2.66. The summed E-state index contributed by atoms with van der Waals surface area (Å²) < 4.78 is 5.59. The highest BCUT2D eigenvalue weighted by atomic mass is 16.5. The van der Waals surface area contributed by atoms with Crippen LogP contribution in [0.3, 0.4) is 0 Å². The molecule has 1 amide bonds. The van der Waals surface area contributed by atoms with Gasteiger partial charge in [0.05, 0.1) is 11.4 Å². The first-order valence-corrected chi connectivity index (χ1v) is 7.41. The Kier molecular flexibility index (Phi) is 3.75. The minimum atomic E-state index is -0.170. The van der Waals surface area contributed by atoms with Gasteiger partial charge in [-0.2, -0.15) is 0 Å². The number of nitrogens with one attached hydrogen (secondary N) is 1. The Hall–Kier alpha value is -2.49. The second-order valence-corrected chi connectivity index (χ2v) is 6.11. The number of hydrogen-bond acceptors (Lipinski definition) is 3. The van der Waals surface area contributed by atoms with E-state index in [-0.39, 0.29) is 18.1 Å². The third kappa shape index (κ3) is 3.06. The molecule has 1 heterocycles. The summed E-state index contributed by atoms with van der Waals surface area (Å²) >= 11 is 0. The predicted octanol–water partition coefficient (Wildman–Crippen LogP) is 3.30. The molecule has 0 bridgehead atoms. The summed E-state index contributed by atoms with van der Waals surface area (Å²) in [6.07, 6.45) is 0. The van der Waals surface area contributed by atoms with Crippen LogP contribution < -0.4 is 15.0 Å². The van der Waals surface area contributed by atoms with Crippen LogP contribution in [0.2, 0.25) is 0 Å². The lowest BCUT2D eigenvalue weighted by Crippen LogP contribution is -2.51. The molecule has 0 aliphatic carbocycles. The van der Waals surface area contributed by atoms with E-state index in [0.717, 1.165) is 11.4 Å². The number of rotatable bonds is 3. The van der Waals surface area contributed by atoms with Gasteiger partial charge in [-0.1, -0.05) is 30.3 Å². The highest BCUT2D eigenvalue weighted by Gasteiger charge is 2.32. The zero-order chi connectivity index (χ0) is 15.6. The third-order valence-corrected chi connectivity index (χ3v) is 3.63. The van der Waals surface area contributed by atoms with Crippen molar-refractivity contribution in [3.63, 3.8) is 0 Å². The lowest BCUT2D eigenvalue weighted by Gasteiger charge is -2.40. The predicted molar refractivity (Wildman–Crippen MR) is 88.4 cm³/mol. The molecular weight excluding hydrogens is 276 g/mol. The fraction of sp³-hybridized carbons (Fsp3) is 0.278. The molecule has 0 atom stereocenters. The Morgan fingerprint density at radius 1 is 1.14 bits per heavy atom. The van der Waals surface area contributed by atoms with E-state index in [1.165, 1.54) is 0 Å². The summed E-state index contributed by atoms with van der Waals surface area (Å²) in [5, 5.41) is 3.46. The molecular formula is C18H20N2O2. The van der Waals surface area contributed by atoms with Gasteiger partial charge < -0.3 is 15.0 Å². The van der Waals surface area contributed by atoms with Gasteiger partial charge in [-0.3, -0.25) is 4.79 Å². The van der Waals surface area contributed by atoms with Crippen LogP contribution in [0.25, 0.3) is 0 Å². The van der Waals surface area contributed by atoms with E-state index in [2.05, 4.69) is 19.2 Å². The molecule has 0 fully saturated rings. The summed E-state index contributed by atoms with van der Waals surface area (Å²) in [5.41, 5.74) is 1.71. The summed E-state index contributed by atoms with van der Waals surface area (Å²) in [4.78, 5) is 14.4. The fourth-order valence-electron chi connectivity index (χ4n) is 2.66.